The third-order valence-corrected chi connectivity index (χ3v) is 2.85. The third-order valence-electron chi connectivity index (χ3n) is 2.85. The minimum atomic E-state index is -2.08. The summed E-state index contributed by atoms with van der Waals surface area (Å²) in [5.41, 5.74) is 2.07. The van der Waals surface area contributed by atoms with Gasteiger partial charge in [0.05, 0.1) is 0 Å². The van der Waals surface area contributed by atoms with Crippen LogP contribution in [0.15, 0.2) is 18.2 Å². The van der Waals surface area contributed by atoms with E-state index in [-0.39, 0.29) is 5.56 Å². The lowest BCUT2D eigenvalue weighted by Crippen LogP contribution is -2.43. The van der Waals surface area contributed by atoms with E-state index in [4.69, 9.17) is 5.73 Å². The second-order valence-corrected chi connectivity index (χ2v) is 4.86. The summed E-state index contributed by atoms with van der Waals surface area (Å²) in [4.78, 5) is 0. The van der Waals surface area contributed by atoms with Crippen molar-refractivity contribution < 1.29 is 13.2 Å². The van der Waals surface area contributed by atoms with Crippen LogP contribution in [-0.2, 0) is 5.67 Å². The van der Waals surface area contributed by atoms with Crippen molar-refractivity contribution >= 4 is 0 Å². The molecule has 0 aliphatic rings. The summed E-state index contributed by atoms with van der Waals surface area (Å²) in [5.74, 6) is -2.22. The topological polar surface area (TPSA) is 26.0 Å². The molecule has 90 valence electrons. The molecular formula is C12H16F3N. The zero-order chi connectivity index (χ0) is 12.6. The molecule has 0 heterocycles. The molecule has 1 unspecified atom stereocenters. The van der Waals surface area contributed by atoms with E-state index in [1.165, 1.54) is 12.1 Å². The monoisotopic (exact) mass is 231 g/mol. The summed E-state index contributed by atoms with van der Waals surface area (Å²) in [6.45, 7) is 4.41. The zero-order valence-corrected chi connectivity index (χ0v) is 9.65. The van der Waals surface area contributed by atoms with Gasteiger partial charge in [0.1, 0.15) is 0 Å². The molecule has 0 fully saturated rings. The lowest BCUT2D eigenvalue weighted by molar-refractivity contribution is 0.0301. The quantitative estimate of drug-likeness (QED) is 0.831. The lowest BCUT2D eigenvalue weighted by Gasteiger charge is -2.37. The SMILES string of the molecule is CC(C)(C)C(F)(CN)c1cccc(F)c1F. The summed E-state index contributed by atoms with van der Waals surface area (Å²) in [7, 11) is 0. The van der Waals surface area contributed by atoms with E-state index in [1.807, 2.05) is 0 Å². The Labute approximate surface area is 93.5 Å². The number of hydrogen-bond acceptors (Lipinski definition) is 1. The highest BCUT2D eigenvalue weighted by Gasteiger charge is 2.45. The summed E-state index contributed by atoms with van der Waals surface area (Å²) < 4.78 is 41.3. The minimum Gasteiger partial charge on any atom is -0.327 e. The predicted octanol–water partition coefficient (Wildman–Crippen LogP) is 3.13. The standard InChI is InChI=1S/C12H16F3N/c1-11(2,3)12(15,7-16)8-5-4-6-9(13)10(8)14/h4-6H,7,16H2,1-3H3. The second-order valence-electron chi connectivity index (χ2n) is 4.86. The van der Waals surface area contributed by atoms with Crippen molar-refractivity contribution in [2.24, 2.45) is 11.1 Å². The van der Waals surface area contributed by atoms with E-state index in [9.17, 15) is 13.2 Å². The fourth-order valence-electron chi connectivity index (χ4n) is 1.63. The van der Waals surface area contributed by atoms with Crippen molar-refractivity contribution in [3.63, 3.8) is 0 Å². The third kappa shape index (κ3) is 1.94. The molecule has 16 heavy (non-hydrogen) atoms. The van der Waals surface area contributed by atoms with Gasteiger partial charge in [-0.15, -0.1) is 0 Å². The van der Waals surface area contributed by atoms with Crippen molar-refractivity contribution in [2.75, 3.05) is 6.54 Å². The van der Waals surface area contributed by atoms with E-state index in [0.29, 0.717) is 0 Å². The van der Waals surface area contributed by atoms with Gasteiger partial charge in [-0.3, -0.25) is 0 Å². The maximum atomic E-state index is 14.7. The Morgan fingerprint density at radius 2 is 1.75 bits per heavy atom. The molecule has 0 spiro atoms. The molecule has 4 heteroatoms. The van der Waals surface area contributed by atoms with Crippen LogP contribution in [0.25, 0.3) is 0 Å². The second kappa shape index (κ2) is 4.09. The molecule has 0 aromatic heterocycles. The Hall–Kier alpha value is -1.03. The maximum Gasteiger partial charge on any atom is 0.165 e. The predicted molar refractivity (Wildman–Crippen MR) is 57.7 cm³/mol. The van der Waals surface area contributed by atoms with Crippen LogP contribution < -0.4 is 5.73 Å². The number of benzene rings is 1. The van der Waals surface area contributed by atoms with Gasteiger partial charge in [0.2, 0.25) is 0 Å². The molecule has 0 aliphatic carbocycles. The highest BCUT2D eigenvalue weighted by molar-refractivity contribution is 5.28. The van der Waals surface area contributed by atoms with E-state index < -0.39 is 29.3 Å². The first-order valence-corrected chi connectivity index (χ1v) is 5.07. The van der Waals surface area contributed by atoms with Crippen LogP contribution >= 0.6 is 0 Å². The van der Waals surface area contributed by atoms with Gasteiger partial charge in [0.25, 0.3) is 0 Å². The molecule has 1 nitrogen and oxygen atoms in total. The number of halogens is 3. The van der Waals surface area contributed by atoms with Gasteiger partial charge in [-0.2, -0.15) is 0 Å². The molecule has 2 N–H and O–H groups in total. The number of nitrogens with two attached hydrogens (primary N) is 1. The number of rotatable bonds is 2. The van der Waals surface area contributed by atoms with E-state index in [1.54, 1.807) is 20.8 Å². The Balaban J connectivity index is 3.40. The normalized spacial score (nSPS) is 15.9. The van der Waals surface area contributed by atoms with Crippen molar-refractivity contribution in [1.29, 1.82) is 0 Å². The summed E-state index contributed by atoms with van der Waals surface area (Å²) in [6, 6.07) is 3.47. The summed E-state index contributed by atoms with van der Waals surface area (Å²) >= 11 is 0. The van der Waals surface area contributed by atoms with Crippen LogP contribution in [0.2, 0.25) is 0 Å². The molecule has 1 rings (SSSR count). The number of alkyl halides is 1. The van der Waals surface area contributed by atoms with E-state index in [0.717, 1.165) is 6.07 Å². The molecule has 1 aromatic rings. The molecule has 0 aliphatic heterocycles. The van der Waals surface area contributed by atoms with Gasteiger partial charge in [0, 0.05) is 17.5 Å². The average Bonchev–Trinajstić information content (AvgIpc) is 2.19. The first-order chi connectivity index (χ1) is 7.24. The Morgan fingerprint density at radius 3 is 2.19 bits per heavy atom. The molecule has 1 aromatic carbocycles. The van der Waals surface area contributed by atoms with Crippen molar-refractivity contribution in [3.8, 4) is 0 Å². The van der Waals surface area contributed by atoms with Gasteiger partial charge in [-0.1, -0.05) is 32.9 Å². The van der Waals surface area contributed by atoms with E-state index >= 15 is 0 Å². The molecule has 0 bridgehead atoms. The van der Waals surface area contributed by atoms with Gasteiger partial charge < -0.3 is 5.73 Å². The molecule has 0 saturated carbocycles. The maximum absolute atomic E-state index is 14.7. The molecule has 0 radical (unpaired) electrons. The molecule has 0 saturated heterocycles. The van der Waals surface area contributed by atoms with E-state index in [2.05, 4.69) is 0 Å². The Kier molecular flexibility index (Phi) is 3.33. The lowest BCUT2D eigenvalue weighted by atomic mass is 9.73. The largest absolute Gasteiger partial charge is 0.327 e. The number of hydrogen-bond donors (Lipinski definition) is 1. The smallest absolute Gasteiger partial charge is 0.165 e. The van der Waals surface area contributed by atoms with Crippen LogP contribution in [0.5, 0.6) is 0 Å². The van der Waals surface area contributed by atoms with Crippen molar-refractivity contribution in [1.82, 2.24) is 0 Å². The highest BCUT2D eigenvalue weighted by Crippen LogP contribution is 2.43. The van der Waals surface area contributed by atoms with Crippen LogP contribution in [0.3, 0.4) is 0 Å². The van der Waals surface area contributed by atoms with Crippen LogP contribution in [0.1, 0.15) is 26.3 Å². The van der Waals surface area contributed by atoms with Crippen LogP contribution in [0, 0.1) is 17.0 Å². The summed E-state index contributed by atoms with van der Waals surface area (Å²) in [6.07, 6.45) is 0. The molecular weight excluding hydrogens is 215 g/mol. The van der Waals surface area contributed by atoms with Gasteiger partial charge in [-0.05, 0) is 6.07 Å². The first kappa shape index (κ1) is 13.0. The minimum absolute atomic E-state index is 0.317. The average molecular weight is 231 g/mol. The summed E-state index contributed by atoms with van der Waals surface area (Å²) in [5, 5.41) is 0. The fraction of sp³-hybridized carbons (Fsp3) is 0.500. The van der Waals surface area contributed by atoms with Crippen molar-refractivity contribution in [2.45, 2.75) is 26.4 Å². The molecule has 1 atom stereocenters. The Morgan fingerprint density at radius 1 is 1.19 bits per heavy atom. The van der Waals surface area contributed by atoms with Crippen LogP contribution in [-0.4, -0.2) is 6.54 Å². The first-order valence-electron chi connectivity index (χ1n) is 5.07. The highest BCUT2D eigenvalue weighted by atomic mass is 19.2. The zero-order valence-electron chi connectivity index (χ0n) is 9.65. The molecule has 0 amide bonds. The van der Waals surface area contributed by atoms with Gasteiger partial charge in [-0.25, -0.2) is 13.2 Å². The van der Waals surface area contributed by atoms with Crippen LogP contribution in [0.4, 0.5) is 13.2 Å². The van der Waals surface area contributed by atoms with Gasteiger partial charge in [0.15, 0.2) is 17.3 Å². The Bertz CT molecular complexity index is 384. The van der Waals surface area contributed by atoms with Gasteiger partial charge >= 0.3 is 0 Å². The van der Waals surface area contributed by atoms with Crippen molar-refractivity contribution in [3.05, 3.63) is 35.4 Å². The fourth-order valence-corrected chi connectivity index (χ4v) is 1.63.